The number of pyridine rings is 1. The van der Waals surface area contributed by atoms with Gasteiger partial charge in [-0.3, -0.25) is 24.3 Å². The van der Waals surface area contributed by atoms with Gasteiger partial charge in [0.1, 0.15) is 5.52 Å². The average Bonchev–Trinajstić information content (AvgIpc) is 3.14. The highest BCUT2D eigenvalue weighted by Gasteiger charge is 2.34. The number of benzene rings is 1. The molecule has 0 unspecified atom stereocenters. The predicted octanol–water partition coefficient (Wildman–Crippen LogP) is 2.30. The zero-order valence-corrected chi connectivity index (χ0v) is 19.0. The summed E-state index contributed by atoms with van der Waals surface area (Å²) in [6.45, 7) is 4.02. The van der Waals surface area contributed by atoms with Crippen LogP contribution in [-0.2, 0) is 4.79 Å². The van der Waals surface area contributed by atoms with Gasteiger partial charge in [0.15, 0.2) is 5.65 Å². The summed E-state index contributed by atoms with van der Waals surface area (Å²) in [5, 5.41) is 2.87. The minimum Gasteiger partial charge on any atom is -0.399 e. The number of carbonyl (C=O) groups is 3. The number of imidazole rings is 1. The molecular weight excluding hydrogens is 434 g/mol. The number of nitrogens with two attached hydrogens (primary N) is 1. The average molecular weight is 462 g/mol. The van der Waals surface area contributed by atoms with Gasteiger partial charge in [-0.05, 0) is 43.5 Å². The van der Waals surface area contributed by atoms with Crippen LogP contribution in [0.1, 0.15) is 52.9 Å². The van der Waals surface area contributed by atoms with Crippen LogP contribution in [0.15, 0.2) is 36.5 Å². The van der Waals surface area contributed by atoms with Gasteiger partial charge in [-0.15, -0.1) is 0 Å². The number of nitrogen functional groups attached to an aromatic ring is 1. The Balaban J connectivity index is 1.49. The number of amides is 3. The zero-order chi connectivity index (χ0) is 23.8. The molecule has 2 fully saturated rings. The summed E-state index contributed by atoms with van der Waals surface area (Å²) in [6, 6.07) is 8.34. The van der Waals surface area contributed by atoms with Gasteiger partial charge in [0.25, 0.3) is 11.8 Å². The molecule has 0 radical (unpaired) electrons. The molecule has 0 bridgehead atoms. The van der Waals surface area contributed by atoms with Crippen molar-refractivity contribution in [3.63, 3.8) is 0 Å². The van der Waals surface area contributed by atoms with E-state index in [1.807, 2.05) is 9.47 Å². The van der Waals surface area contributed by atoms with Crippen LogP contribution in [0.2, 0.25) is 0 Å². The molecule has 2 aliphatic heterocycles. The lowest BCUT2D eigenvalue weighted by molar-refractivity contribution is -0.134. The van der Waals surface area contributed by atoms with Crippen molar-refractivity contribution in [1.82, 2.24) is 24.3 Å². The van der Waals surface area contributed by atoms with Crippen molar-refractivity contribution in [3.8, 4) is 0 Å². The van der Waals surface area contributed by atoms with Crippen LogP contribution in [0.25, 0.3) is 11.2 Å². The molecule has 2 aliphatic rings. The normalized spacial score (nSPS) is 16.4. The molecule has 34 heavy (non-hydrogen) atoms. The van der Waals surface area contributed by atoms with Crippen molar-refractivity contribution in [2.24, 2.45) is 0 Å². The lowest BCUT2D eigenvalue weighted by Gasteiger charge is -2.39. The van der Waals surface area contributed by atoms with Crippen molar-refractivity contribution >= 4 is 40.5 Å². The number of likely N-dealkylation sites (tertiary alicyclic amines) is 2. The molecule has 10 nitrogen and oxygen atoms in total. The minimum absolute atomic E-state index is 0.00612. The quantitative estimate of drug-likeness (QED) is 0.574. The summed E-state index contributed by atoms with van der Waals surface area (Å²) < 4.78 is 1.84. The van der Waals surface area contributed by atoms with Crippen LogP contribution < -0.4 is 11.1 Å². The maximum absolute atomic E-state index is 13.0. The molecule has 10 heteroatoms. The Morgan fingerprint density at radius 2 is 1.79 bits per heavy atom. The standard InChI is InChI=1S/C24H27N7O3/c1-15(32)30-13-19(14-30)31-21-20(11-17(12-26-21)23(34)29-8-3-2-4-9-29)27-24(31)28-22(33)16-6-5-7-18(25)10-16/h5-7,10-12,19H,2-4,8-9,13-14,25H2,1H3,(H,27,28,33). The van der Waals surface area contributed by atoms with Crippen molar-refractivity contribution in [2.45, 2.75) is 32.2 Å². The fourth-order valence-corrected chi connectivity index (χ4v) is 4.54. The second kappa shape index (κ2) is 8.77. The molecule has 1 aromatic carbocycles. The van der Waals surface area contributed by atoms with Crippen LogP contribution >= 0.6 is 0 Å². The van der Waals surface area contributed by atoms with E-state index in [1.54, 1.807) is 41.4 Å². The third-order valence-electron chi connectivity index (χ3n) is 6.47. The number of aromatic nitrogens is 3. The molecular formula is C24H27N7O3. The third-order valence-corrected chi connectivity index (χ3v) is 6.47. The number of nitrogens with one attached hydrogen (secondary N) is 1. The molecule has 4 heterocycles. The molecule has 176 valence electrons. The monoisotopic (exact) mass is 461 g/mol. The molecule has 3 N–H and O–H groups in total. The van der Waals surface area contributed by atoms with E-state index in [0.717, 1.165) is 32.4 Å². The summed E-state index contributed by atoms with van der Waals surface area (Å²) in [4.78, 5) is 50.4. The van der Waals surface area contributed by atoms with E-state index in [4.69, 9.17) is 5.73 Å². The maximum atomic E-state index is 13.0. The van der Waals surface area contributed by atoms with E-state index in [0.29, 0.717) is 47.0 Å². The van der Waals surface area contributed by atoms with Crippen LogP contribution in [0.3, 0.4) is 0 Å². The summed E-state index contributed by atoms with van der Waals surface area (Å²) in [7, 11) is 0. The number of nitrogens with zero attached hydrogens (tertiary/aromatic N) is 5. The van der Waals surface area contributed by atoms with E-state index in [-0.39, 0.29) is 23.8 Å². The van der Waals surface area contributed by atoms with Crippen LogP contribution in [0.5, 0.6) is 0 Å². The fourth-order valence-electron chi connectivity index (χ4n) is 4.54. The topological polar surface area (TPSA) is 126 Å². The van der Waals surface area contributed by atoms with Gasteiger partial charge in [-0.1, -0.05) is 6.07 Å². The first-order valence-electron chi connectivity index (χ1n) is 11.5. The molecule has 5 rings (SSSR count). The highest BCUT2D eigenvalue weighted by Crippen LogP contribution is 2.30. The number of anilines is 2. The number of fused-ring (bicyclic) bond motifs is 1. The van der Waals surface area contributed by atoms with Crippen molar-refractivity contribution in [1.29, 1.82) is 0 Å². The number of hydrogen-bond donors (Lipinski definition) is 2. The highest BCUT2D eigenvalue weighted by atomic mass is 16.2. The Labute approximate surface area is 196 Å². The Kier molecular flexibility index (Phi) is 5.64. The number of rotatable bonds is 4. The molecule has 0 atom stereocenters. The van der Waals surface area contributed by atoms with E-state index in [2.05, 4.69) is 15.3 Å². The molecule has 0 spiro atoms. The van der Waals surface area contributed by atoms with Gasteiger partial charge in [0.05, 0.1) is 11.6 Å². The van der Waals surface area contributed by atoms with Crippen LogP contribution in [0, 0.1) is 0 Å². The first kappa shape index (κ1) is 21.9. The third kappa shape index (κ3) is 4.07. The summed E-state index contributed by atoms with van der Waals surface area (Å²) in [5.41, 5.74) is 8.28. The Morgan fingerprint density at radius 1 is 1.03 bits per heavy atom. The first-order chi connectivity index (χ1) is 16.4. The minimum atomic E-state index is -0.351. The first-order valence-corrected chi connectivity index (χ1v) is 11.5. The van der Waals surface area contributed by atoms with Crippen LogP contribution in [-0.4, -0.2) is 68.2 Å². The van der Waals surface area contributed by atoms with E-state index >= 15 is 0 Å². The van der Waals surface area contributed by atoms with E-state index < -0.39 is 0 Å². The fraction of sp³-hybridized carbons (Fsp3) is 0.375. The largest absolute Gasteiger partial charge is 0.399 e. The number of carbonyl (C=O) groups excluding carboxylic acids is 3. The molecule has 3 aromatic rings. The van der Waals surface area contributed by atoms with Crippen LogP contribution in [0.4, 0.5) is 11.6 Å². The molecule has 0 saturated carbocycles. The maximum Gasteiger partial charge on any atom is 0.258 e. The Morgan fingerprint density at radius 3 is 2.50 bits per heavy atom. The summed E-state index contributed by atoms with van der Waals surface area (Å²) in [6.07, 6.45) is 4.72. The second-order valence-corrected chi connectivity index (χ2v) is 8.88. The van der Waals surface area contributed by atoms with Crippen molar-refractivity contribution in [3.05, 3.63) is 47.7 Å². The van der Waals surface area contributed by atoms with Gasteiger partial charge in [0, 0.05) is 50.6 Å². The lowest BCUT2D eigenvalue weighted by atomic mass is 10.1. The number of hydrogen-bond acceptors (Lipinski definition) is 6. The van der Waals surface area contributed by atoms with Gasteiger partial charge < -0.3 is 15.5 Å². The zero-order valence-electron chi connectivity index (χ0n) is 19.0. The van der Waals surface area contributed by atoms with Crippen molar-refractivity contribution < 1.29 is 14.4 Å². The van der Waals surface area contributed by atoms with Crippen molar-refractivity contribution in [2.75, 3.05) is 37.2 Å². The number of piperidine rings is 1. The lowest BCUT2D eigenvalue weighted by Crippen LogP contribution is -2.50. The molecule has 2 aromatic heterocycles. The molecule has 2 saturated heterocycles. The summed E-state index contributed by atoms with van der Waals surface area (Å²) >= 11 is 0. The van der Waals surface area contributed by atoms with Gasteiger partial charge in [-0.2, -0.15) is 0 Å². The highest BCUT2D eigenvalue weighted by molar-refractivity contribution is 6.04. The molecule has 3 amide bonds. The molecule has 0 aliphatic carbocycles. The van der Waals surface area contributed by atoms with Gasteiger partial charge in [-0.25, -0.2) is 9.97 Å². The van der Waals surface area contributed by atoms with Gasteiger partial charge >= 0.3 is 0 Å². The Bertz CT molecular complexity index is 1270. The van der Waals surface area contributed by atoms with E-state index in [1.165, 1.54) is 6.92 Å². The van der Waals surface area contributed by atoms with Gasteiger partial charge in [0.2, 0.25) is 11.9 Å². The smallest absolute Gasteiger partial charge is 0.258 e. The second-order valence-electron chi connectivity index (χ2n) is 8.88. The summed E-state index contributed by atoms with van der Waals surface area (Å²) in [5.74, 6) is -0.0873. The SMILES string of the molecule is CC(=O)N1CC(n2c(NC(=O)c3cccc(N)c3)nc3cc(C(=O)N4CCCCC4)cnc32)C1. The van der Waals surface area contributed by atoms with E-state index in [9.17, 15) is 14.4 Å². The Hall–Kier alpha value is -3.95. The predicted molar refractivity (Wildman–Crippen MR) is 127 cm³/mol.